The Labute approximate surface area is 209 Å². The minimum Gasteiger partial charge on any atom is -0.455 e. The van der Waals surface area contributed by atoms with Crippen LogP contribution in [0.25, 0.3) is 0 Å². The van der Waals surface area contributed by atoms with E-state index in [0.29, 0.717) is 17.9 Å². The van der Waals surface area contributed by atoms with Gasteiger partial charge in [-0.15, -0.1) is 23.1 Å². The van der Waals surface area contributed by atoms with Crippen LogP contribution in [-0.4, -0.2) is 81.7 Å². The lowest BCUT2D eigenvalue weighted by Crippen LogP contribution is -2.71. The van der Waals surface area contributed by atoms with Gasteiger partial charge in [-0.3, -0.25) is 19.3 Å². The van der Waals surface area contributed by atoms with E-state index in [2.05, 4.69) is 20.8 Å². The number of β-lactam (4-membered cyclic amide) rings is 1. The summed E-state index contributed by atoms with van der Waals surface area (Å²) in [4.78, 5) is 59.9. The number of anilines is 1. The molecule has 2 N–H and O–H groups in total. The number of nitrogens with one attached hydrogen (secondary N) is 2. The Balaban J connectivity index is 1.80. The van der Waals surface area contributed by atoms with Crippen molar-refractivity contribution < 1.29 is 28.8 Å². The molecule has 0 saturated carbocycles. The highest BCUT2D eigenvalue weighted by molar-refractivity contribution is 8.00. The Morgan fingerprint density at radius 1 is 1.41 bits per heavy atom. The number of amides is 3. The van der Waals surface area contributed by atoms with Gasteiger partial charge in [0.05, 0.1) is 0 Å². The lowest BCUT2D eigenvalue weighted by molar-refractivity contribution is -0.158. The molecule has 3 heterocycles. The first-order chi connectivity index (χ1) is 16.1. The molecule has 34 heavy (non-hydrogen) atoms. The molecule has 11 nitrogen and oxygen atoms in total. The number of thioether (sulfide) groups is 2. The van der Waals surface area contributed by atoms with Crippen molar-refractivity contribution in [3.63, 3.8) is 0 Å². The lowest BCUT2D eigenvalue weighted by atomic mass is 10.0. The van der Waals surface area contributed by atoms with E-state index >= 15 is 0 Å². The predicted octanol–water partition coefficient (Wildman–Crippen LogP) is 1.42. The van der Waals surface area contributed by atoms with Gasteiger partial charge >= 0.3 is 5.97 Å². The summed E-state index contributed by atoms with van der Waals surface area (Å²) in [5, 5.41) is 10.2. The Bertz CT molecular complexity index is 1050. The number of hydrogen-bond acceptors (Lipinski definition) is 11. The molecular weight excluding hydrogens is 502 g/mol. The molecule has 2 aliphatic rings. The molecule has 3 rings (SSSR count). The average Bonchev–Trinajstić information content (AvgIpc) is 3.22. The van der Waals surface area contributed by atoms with Crippen molar-refractivity contribution >= 4 is 69.9 Å². The van der Waals surface area contributed by atoms with Crippen LogP contribution >= 0.6 is 34.9 Å². The maximum absolute atomic E-state index is 13.1. The van der Waals surface area contributed by atoms with Crippen LogP contribution in [0.2, 0.25) is 0 Å². The van der Waals surface area contributed by atoms with Gasteiger partial charge in [0.1, 0.15) is 35.5 Å². The van der Waals surface area contributed by atoms with Crippen LogP contribution in [0.3, 0.4) is 0 Å². The first-order valence-electron chi connectivity index (χ1n) is 10.1. The largest absolute Gasteiger partial charge is 0.455 e. The molecule has 0 spiro atoms. The number of esters is 1. The fraction of sp³-hybridized carbons (Fsp3) is 0.500. The highest BCUT2D eigenvalue weighted by Gasteiger charge is 2.54. The molecule has 1 saturated heterocycles. The average molecular weight is 528 g/mol. The first kappa shape index (κ1) is 26.0. The normalized spacial score (nSPS) is 20.3. The van der Waals surface area contributed by atoms with E-state index in [0.717, 1.165) is 16.9 Å². The van der Waals surface area contributed by atoms with Gasteiger partial charge in [-0.1, -0.05) is 5.16 Å². The van der Waals surface area contributed by atoms with Gasteiger partial charge in [-0.05, 0) is 32.6 Å². The number of nitrogens with zero attached hydrogens (tertiary/aromatic N) is 3. The third-order valence-electron chi connectivity index (χ3n) is 4.57. The van der Waals surface area contributed by atoms with Gasteiger partial charge in [0.25, 0.3) is 11.8 Å². The van der Waals surface area contributed by atoms with Gasteiger partial charge in [-0.2, -0.15) is 11.8 Å². The smallest absolute Gasteiger partial charge is 0.355 e. The summed E-state index contributed by atoms with van der Waals surface area (Å²) in [6.07, 6.45) is 2.39. The number of carbonyl (C=O) groups is 4. The molecule has 2 atom stereocenters. The molecule has 0 aliphatic carbocycles. The number of ether oxygens (including phenoxy) is 1. The highest BCUT2D eigenvalue weighted by Crippen LogP contribution is 2.41. The molecule has 0 radical (unpaired) electrons. The fourth-order valence-corrected chi connectivity index (χ4v) is 6.01. The highest BCUT2D eigenvalue weighted by atomic mass is 32.2. The number of hydrogen-bond donors (Lipinski definition) is 2. The van der Waals surface area contributed by atoms with Gasteiger partial charge in [-0.25, -0.2) is 9.78 Å². The maximum Gasteiger partial charge on any atom is 0.355 e. The van der Waals surface area contributed by atoms with Crippen molar-refractivity contribution in [2.24, 2.45) is 5.16 Å². The topological polar surface area (TPSA) is 139 Å². The molecule has 0 bridgehead atoms. The van der Waals surface area contributed by atoms with Crippen LogP contribution in [0.1, 0.15) is 26.5 Å². The Morgan fingerprint density at radius 3 is 2.76 bits per heavy atom. The Hall–Kier alpha value is -2.58. The minimum absolute atomic E-state index is 0.143. The van der Waals surface area contributed by atoms with Crippen molar-refractivity contribution in [3.05, 3.63) is 22.3 Å². The van der Waals surface area contributed by atoms with Crippen LogP contribution in [0.4, 0.5) is 5.13 Å². The van der Waals surface area contributed by atoms with Crippen LogP contribution in [-0.2, 0) is 28.8 Å². The standard InChI is InChI=1S/C20H25N5O6S3/c1-20(2,3)31-18(29)14-10(6-32-5)7-33-17-13(16(28)25(14)17)23-15(27)12(24-30-4)11-8-34-19(22-11)21-9-26/h8-9,13,17H,6-7H2,1-5H3,(H,23,27)(H,21,22,26)/t13?,17-/m1/s1. The molecular formula is C20H25N5O6S3. The summed E-state index contributed by atoms with van der Waals surface area (Å²) >= 11 is 4.12. The molecule has 14 heteroatoms. The number of fused-ring (bicyclic) bond motifs is 1. The summed E-state index contributed by atoms with van der Waals surface area (Å²) in [6.45, 7) is 5.29. The first-order valence-corrected chi connectivity index (χ1v) is 13.4. The lowest BCUT2D eigenvalue weighted by Gasteiger charge is -2.50. The summed E-state index contributed by atoms with van der Waals surface area (Å²) in [5.41, 5.74) is 0.395. The zero-order valence-electron chi connectivity index (χ0n) is 19.2. The van der Waals surface area contributed by atoms with Gasteiger partial charge in [0.15, 0.2) is 10.8 Å². The fourth-order valence-electron chi connectivity index (χ4n) is 3.29. The van der Waals surface area contributed by atoms with Crippen molar-refractivity contribution in [1.29, 1.82) is 0 Å². The SMILES string of the molecule is CON=C(C(=O)NC1C(=O)N2C(C(=O)OC(C)(C)C)=C(CSC)CS[C@H]12)c1csc(NC=O)n1. The van der Waals surface area contributed by atoms with E-state index in [4.69, 9.17) is 9.57 Å². The molecule has 3 amide bonds. The van der Waals surface area contributed by atoms with Crippen LogP contribution in [0.5, 0.6) is 0 Å². The van der Waals surface area contributed by atoms with Crippen LogP contribution in [0.15, 0.2) is 21.8 Å². The molecule has 1 aromatic heterocycles. The van der Waals surface area contributed by atoms with E-state index in [1.807, 2.05) is 6.26 Å². The van der Waals surface area contributed by atoms with E-state index in [1.54, 1.807) is 32.5 Å². The van der Waals surface area contributed by atoms with Gasteiger partial charge in [0, 0.05) is 16.9 Å². The Morgan fingerprint density at radius 2 is 2.15 bits per heavy atom. The van der Waals surface area contributed by atoms with Crippen molar-refractivity contribution in [2.45, 2.75) is 37.8 Å². The van der Waals surface area contributed by atoms with Gasteiger partial charge < -0.3 is 20.2 Å². The summed E-state index contributed by atoms with van der Waals surface area (Å²) in [6, 6.07) is -0.862. The molecule has 1 unspecified atom stereocenters. The second kappa shape index (κ2) is 10.8. The molecule has 184 valence electrons. The van der Waals surface area contributed by atoms with Gasteiger partial charge in [0.2, 0.25) is 6.41 Å². The summed E-state index contributed by atoms with van der Waals surface area (Å²) in [5.74, 6) is -0.522. The number of carbonyl (C=O) groups excluding carboxylic acids is 4. The van der Waals surface area contributed by atoms with E-state index < -0.39 is 34.8 Å². The zero-order chi connectivity index (χ0) is 25.0. The number of aromatic nitrogens is 1. The predicted molar refractivity (Wildman–Crippen MR) is 132 cm³/mol. The third-order valence-corrected chi connectivity index (χ3v) is 7.32. The van der Waals surface area contributed by atoms with Crippen LogP contribution in [0, 0.1) is 0 Å². The Kier molecular flexibility index (Phi) is 8.25. The van der Waals surface area contributed by atoms with Crippen molar-refractivity contribution in [1.82, 2.24) is 15.2 Å². The maximum atomic E-state index is 13.1. The molecule has 2 aliphatic heterocycles. The van der Waals surface area contributed by atoms with E-state index in [-0.39, 0.29) is 22.2 Å². The molecule has 1 aromatic rings. The summed E-state index contributed by atoms with van der Waals surface area (Å²) < 4.78 is 5.55. The number of rotatable bonds is 9. The second-order valence-corrected chi connectivity index (χ2v) is 11.0. The van der Waals surface area contributed by atoms with E-state index in [1.165, 1.54) is 29.2 Å². The van der Waals surface area contributed by atoms with Crippen molar-refractivity contribution in [3.8, 4) is 0 Å². The third kappa shape index (κ3) is 5.55. The van der Waals surface area contributed by atoms with E-state index in [9.17, 15) is 19.2 Å². The monoisotopic (exact) mass is 527 g/mol. The quantitative estimate of drug-likeness (QED) is 0.160. The minimum atomic E-state index is -0.862. The van der Waals surface area contributed by atoms with Crippen molar-refractivity contribution in [2.75, 3.05) is 30.2 Å². The zero-order valence-corrected chi connectivity index (χ0v) is 21.7. The molecule has 0 aromatic carbocycles. The number of thiazole rings is 1. The number of oxime groups is 1. The second-order valence-electron chi connectivity index (χ2n) is 8.17. The summed E-state index contributed by atoms with van der Waals surface area (Å²) in [7, 11) is 1.28. The van der Waals surface area contributed by atoms with Crippen LogP contribution < -0.4 is 10.6 Å². The molecule has 1 fully saturated rings.